The van der Waals surface area contributed by atoms with Crippen molar-refractivity contribution in [1.82, 2.24) is 0 Å². The van der Waals surface area contributed by atoms with Crippen molar-refractivity contribution in [3.8, 4) is 0 Å². The summed E-state index contributed by atoms with van der Waals surface area (Å²) < 4.78 is 11.6. The van der Waals surface area contributed by atoms with Crippen LogP contribution in [0.5, 0.6) is 0 Å². The van der Waals surface area contributed by atoms with Gasteiger partial charge in [0.25, 0.3) is 0 Å². The maximum atomic E-state index is 11.6. The number of epoxide rings is 1. The molecule has 5 aliphatic rings. The summed E-state index contributed by atoms with van der Waals surface area (Å²) in [5.41, 5.74) is -1.17. The van der Waals surface area contributed by atoms with Gasteiger partial charge in [0, 0.05) is 23.8 Å². The van der Waals surface area contributed by atoms with Crippen LogP contribution in [0.1, 0.15) is 70.3 Å². The highest BCUT2D eigenvalue weighted by Crippen LogP contribution is 2.78. The van der Waals surface area contributed by atoms with Crippen LogP contribution < -0.4 is 5.63 Å². The zero-order valence-electron chi connectivity index (χ0n) is 17.7. The van der Waals surface area contributed by atoms with E-state index in [9.17, 15) is 20.1 Å². The van der Waals surface area contributed by atoms with E-state index in [1.165, 1.54) is 12.3 Å². The molecule has 1 saturated heterocycles. The van der Waals surface area contributed by atoms with Gasteiger partial charge in [-0.2, -0.15) is 0 Å². The maximum Gasteiger partial charge on any atom is 0.335 e. The Labute approximate surface area is 176 Å². The Morgan fingerprint density at radius 2 is 1.73 bits per heavy atom. The largest absolute Gasteiger partial charge is 0.431 e. The first-order valence-electron chi connectivity index (χ1n) is 11.5. The molecule has 30 heavy (non-hydrogen) atoms. The smallest absolute Gasteiger partial charge is 0.335 e. The number of hydrogen-bond donors (Lipinski definition) is 3. The van der Waals surface area contributed by atoms with E-state index in [1.54, 1.807) is 6.07 Å². The van der Waals surface area contributed by atoms with Gasteiger partial charge in [-0.3, -0.25) is 0 Å². The number of fused-ring (bicyclic) bond motifs is 3. The fourth-order valence-electron chi connectivity index (χ4n) is 8.81. The lowest BCUT2D eigenvalue weighted by molar-refractivity contribution is -0.224. The van der Waals surface area contributed by atoms with Crippen LogP contribution in [0.4, 0.5) is 0 Å². The Bertz CT molecular complexity index is 923. The van der Waals surface area contributed by atoms with Gasteiger partial charge in [0.15, 0.2) is 0 Å². The fourth-order valence-corrected chi connectivity index (χ4v) is 8.81. The second-order valence-electron chi connectivity index (χ2n) is 11.2. The topological polar surface area (TPSA) is 103 Å². The number of ether oxygens (including phenoxy) is 1. The highest BCUT2D eigenvalue weighted by molar-refractivity contribution is 5.38. The molecule has 6 heteroatoms. The molecule has 5 fully saturated rings. The lowest BCUT2D eigenvalue weighted by atomic mass is 9.42. The highest BCUT2D eigenvalue weighted by atomic mass is 16.6. The molecule has 3 N–H and O–H groups in total. The molecule has 6 nitrogen and oxygen atoms in total. The van der Waals surface area contributed by atoms with Gasteiger partial charge in [-0.25, -0.2) is 4.79 Å². The summed E-state index contributed by atoms with van der Waals surface area (Å²) in [4.78, 5) is 11.5. The predicted molar refractivity (Wildman–Crippen MR) is 108 cm³/mol. The average molecular weight is 417 g/mol. The van der Waals surface area contributed by atoms with Crippen LogP contribution in [0.2, 0.25) is 0 Å². The number of aliphatic hydroxyl groups is 3. The van der Waals surface area contributed by atoms with Crippen LogP contribution in [-0.2, 0) is 4.74 Å². The lowest BCUT2D eigenvalue weighted by Gasteiger charge is -2.63. The third kappa shape index (κ3) is 2.07. The molecule has 6 rings (SSSR count). The molecule has 1 aromatic heterocycles. The van der Waals surface area contributed by atoms with Gasteiger partial charge in [0.05, 0.1) is 24.1 Å². The lowest BCUT2D eigenvalue weighted by Crippen LogP contribution is -2.65. The standard InChI is InChI=1S/C24H32O6/c1-21-8-5-14(25)11-23(21,28)10-7-16-15(21)6-9-22(2)18(13-3-4-17(26)29-12-13)19(27)20-24(16,22)30-20/h3-4,12,14-16,18-20,25,27-28H,5-11H2,1-2H3/t14-,15-,16+,18+,19+,20+,21-,22+,23-,24+/m0/s1. The van der Waals surface area contributed by atoms with Gasteiger partial charge < -0.3 is 24.5 Å². The van der Waals surface area contributed by atoms with Crippen molar-refractivity contribution in [2.24, 2.45) is 22.7 Å². The first-order chi connectivity index (χ1) is 14.2. The average Bonchev–Trinajstić information content (AvgIpc) is 3.41. The van der Waals surface area contributed by atoms with Crippen LogP contribution in [0, 0.1) is 22.7 Å². The summed E-state index contributed by atoms with van der Waals surface area (Å²) in [5, 5.41) is 33.1. The molecular weight excluding hydrogens is 384 g/mol. The van der Waals surface area contributed by atoms with Crippen LogP contribution in [0.3, 0.4) is 0 Å². The van der Waals surface area contributed by atoms with Crippen molar-refractivity contribution in [1.29, 1.82) is 0 Å². The second kappa shape index (κ2) is 5.77. The van der Waals surface area contributed by atoms with Gasteiger partial charge >= 0.3 is 5.63 Å². The SMILES string of the molecule is C[C@@]12CC[C@H](O)C[C@@]1(O)CC[C@@H]1[C@@H]2CC[C@]2(C)[C@H](c3ccc(=O)oc3)[C@@H](O)[C@H]3O[C@]132. The van der Waals surface area contributed by atoms with Crippen molar-refractivity contribution in [2.45, 2.75) is 94.2 Å². The van der Waals surface area contributed by atoms with Gasteiger partial charge in [-0.05, 0) is 67.4 Å². The molecule has 1 aliphatic heterocycles. The second-order valence-corrected chi connectivity index (χ2v) is 11.2. The van der Waals surface area contributed by atoms with Crippen molar-refractivity contribution >= 4 is 0 Å². The minimum atomic E-state index is -0.819. The van der Waals surface area contributed by atoms with Crippen molar-refractivity contribution in [3.63, 3.8) is 0 Å². The summed E-state index contributed by atoms with van der Waals surface area (Å²) >= 11 is 0. The number of rotatable bonds is 1. The van der Waals surface area contributed by atoms with Crippen molar-refractivity contribution in [3.05, 3.63) is 34.4 Å². The van der Waals surface area contributed by atoms with Gasteiger partial charge in [-0.15, -0.1) is 0 Å². The molecule has 0 unspecified atom stereocenters. The molecule has 0 radical (unpaired) electrons. The normalized spacial score (nSPS) is 56.4. The highest BCUT2D eigenvalue weighted by Gasteiger charge is 2.84. The van der Waals surface area contributed by atoms with E-state index in [1.807, 2.05) is 0 Å². The van der Waals surface area contributed by atoms with E-state index in [2.05, 4.69) is 13.8 Å². The van der Waals surface area contributed by atoms with E-state index in [-0.39, 0.29) is 40.0 Å². The van der Waals surface area contributed by atoms with Crippen LogP contribution in [-0.4, -0.2) is 44.8 Å². The molecule has 1 aromatic rings. The van der Waals surface area contributed by atoms with Crippen molar-refractivity contribution in [2.75, 3.05) is 0 Å². The van der Waals surface area contributed by atoms with E-state index in [0.29, 0.717) is 18.8 Å². The molecule has 4 aliphatic carbocycles. The summed E-state index contributed by atoms with van der Waals surface area (Å²) in [6, 6.07) is 3.22. The molecular formula is C24H32O6. The van der Waals surface area contributed by atoms with E-state index in [0.717, 1.165) is 37.7 Å². The third-order valence-electron chi connectivity index (χ3n) is 10.3. The summed E-state index contributed by atoms with van der Waals surface area (Å²) in [5.74, 6) is 0.488. The molecule has 0 amide bonds. The molecule has 10 atom stereocenters. The molecule has 4 saturated carbocycles. The Morgan fingerprint density at radius 1 is 1.00 bits per heavy atom. The predicted octanol–water partition coefficient (Wildman–Crippen LogP) is 2.34. The minimum absolute atomic E-state index is 0.122. The quantitative estimate of drug-likeness (QED) is 0.607. The number of hydrogen-bond acceptors (Lipinski definition) is 6. The Hall–Kier alpha value is -1.21. The van der Waals surface area contributed by atoms with Gasteiger partial charge in [0.1, 0.15) is 11.7 Å². The van der Waals surface area contributed by atoms with Crippen LogP contribution >= 0.6 is 0 Å². The third-order valence-corrected chi connectivity index (χ3v) is 10.3. The Kier molecular flexibility index (Phi) is 3.75. The van der Waals surface area contributed by atoms with E-state index in [4.69, 9.17) is 9.15 Å². The van der Waals surface area contributed by atoms with Crippen molar-refractivity contribution < 1.29 is 24.5 Å². The van der Waals surface area contributed by atoms with Gasteiger partial charge in [-0.1, -0.05) is 13.8 Å². The zero-order valence-corrected chi connectivity index (χ0v) is 17.7. The summed E-state index contributed by atoms with van der Waals surface area (Å²) in [6.45, 7) is 4.46. The van der Waals surface area contributed by atoms with E-state index >= 15 is 0 Å². The minimum Gasteiger partial charge on any atom is -0.431 e. The maximum absolute atomic E-state index is 11.6. The molecule has 164 valence electrons. The number of aliphatic hydroxyl groups excluding tert-OH is 2. The van der Waals surface area contributed by atoms with E-state index < -0.39 is 17.8 Å². The fraction of sp³-hybridized carbons (Fsp3) is 0.792. The molecule has 0 aromatic carbocycles. The van der Waals surface area contributed by atoms with Crippen LogP contribution in [0.15, 0.2) is 27.6 Å². The molecule has 0 bridgehead atoms. The summed E-state index contributed by atoms with van der Waals surface area (Å²) in [6.07, 6.45) is 5.74. The first-order valence-corrected chi connectivity index (χ1v) is 11.5. The summed E-state index contributed by atoms with van der Waals surface area (Å²) in [7, 11) is 0. The zero-order chi connectivity index (χ0) is 21.1. The monoisotopic (exact) mass is 416 g/mol. The first kappa shape index (κ1) is 19.5. The molecule has 2 heterocycles. The molecule has 1 spiro atoms. The van der Waals surface area contributed by atoms with Crippen LogP contribution in [0.25, 0.3) is 0 Å². The Balaban J connectivity index is 1.40. The van der Waals surface area contributed by atoms with Gasteiger partial charge in [0.2, 0.25) is 0 Å². The Morgan fingerprint density at radius 3 is 2.47 bits per heavy atom.